The fraction of sp³-hybridized carbons (Fsp3) is 0.444. The number of anilines is 5. The first kappa shape index (κ1) is 34.5. The van der Waals surface area contributed by atoms with Crippen molar-refractivity contribution in [2.45, 2.75) is 38.6 Å². The smallest absolute Gasteiger partial charge is 0.229 e. The Hall–Kier alpha value is -3.37. The summed E-state index contributed by atoms with van der Waals surface area (Å²) in [4.78, 5) is 17.0. The third-order valence-electron chi connectivity index (χ3n) is 9.41. The molecular weight excluding hydrogens is 689 g/mol. The number of hydrogen-bond acceptors (Lipinski definition) is 10. The average molecular weight is 737 g/mol. The molecular formula is C36H47BrN7O3P. The Morgan fingerprint density at radius 1 is 1.02 bits per heavy atom. The molecule has 0 amide bonds. The van der Waals surface area contributed by atoms with E-state index in [0.717, 1.165) is 61.8 Å². The molecule has 2 fully saturated rings. The summed E-state index contributed by atoms with van der Waals surface area (Å²) in [6.07, 6.45) is 7.71. The summed E-state index contributed by atoms with van der Waals surface area (Å²) in [6, 6.07) is 14.6. The third kappa shape index (κ3) is 7.91. The molecule has 0 spiro atoms. The van der Waals surface area contributed by atoms with Crippen LogP contribution in [0.3, 0.4) is 0 Å². The van der Waals surface area contributed by atoms with Crippen molar-refractivity contribution in [3.63, 3.8) is 0 Å². The number of ether oxygens (including phenoxy) is 1. The molecule has 0 unspecified atom stereocenters. The maximum Gasteiger partial charge on any atom is 0.229 e. The number of benzene rings is 2. The quantitative estimate of drug-likeness (QED) is 0.152. The first-order valence-corrected chi connectivity index (χ1v) is 20.2. The Labute approximate surface area is 292 Å². The SMILES string of the molecule is CCCc1cc(Nc2ncc(Br)c(Nc3ccc(-c4ccco4)cc3P(C)(C)=O)n2)c(OC)cc1N1CCC(N2CCN(C)CC2)CC1. The van der Waals surface area contributed by atoms with E-state index in [2.05, 4.69) is 72.4 Å². The van der Waals surface area contributed by atoms with Crippen molar-refractivity contribution in [1.82, 2.24) is 19.8 Å². The molecule has 2 aliphatic heterocycles. The van der Waals surface area contributed by atoms with Crippen LogP contribution < -0.4 is 25.6 Å². The second kappa shape index (κ2) is 15.0. The van der Waals surface area contributed by atoms with Crippen molar-refractivity contribution >= 4 is 57.2 Å². The minimum atomic E-state index is -2.66. The van der Waals surface area contributed by atoms with Crippen molar-refractivity contribution in [3.05, 3.63) is 65.0 Å². The van der Waals surface area contributed by atoms with Gasteiger partial charge in [0, 0.05) is 74.1 Å². The lowest BCUT2D eigenvalue weighted by Gasteiger charge is -2.43. The summed E-state index contributed by atoms with van der Waals surface area (Å²) in [6.45, 7) is 12.5. The highest BCUT2D eigenvalue weighted by Gasteiger charge is 2.28. The number of piperazine rings is 1. The Morgan fingerprint density at radius 3 is 2.46 bits per heavy atom. The van der Waals surface area contributed by atoms with E-state index >= 15 is 0 Å². The lowest BCUT2D eigenvalue weighted by Crippen LogP contribution is -2.52. The van der Waals surface area contributed by atoms with Crippen molar-refractivity contribution in [2.24, 2.45) is 0 Å². The van der Waals surface area contributed by atoms with E-state index in [1.54, 1.807) is 32.9 Å². The molecule has 4 aromatic rings. The van der Waals surface area contributed by atoms with Crippen LogP contribution in [0.2, 0.25) is 0 Å². The number of nitrogens with one attached hydrogen (secondary N) is 2. The molecule has 2 N–H and O–H groups in total. The topological polar surface area (TPSA) is 99.0 Å². The summed E-state index contributed by atoms with van der Waals surface area (Å²) in [5.74, 6) is 2.46. The van der Waals surface area contributed by atoms with Crippen LogP contribution in [-0.2, 0) is 11.0 Å². The van der Waals surface area contributed by atoms with Crippen LogP contribution in [0.25, 0.3) is 11.3 Å². The second-order valence-corrected chi connectivity index (χ2v) is 17.2. The van der Waals surface area contributed by atoms with Crippen molar-refractivity contribution < 1.29 is 13.7 Å². The van der Waals surface area contributed by atoms with Gasteiger partial charge in [-0.2, -0.15) is 4.98 Å². The van der Waals surface area contributed by atoms with Crippen LogP contribution in [0.15, 0.2) is 63.8 Å². The number of piperidine rings is 1. The van der Waals surface area contributed by atoms with Crippen LogP contribution >= 0.6 is 23.1 Å². The van der Waals surface area contributed by atoms with Gasteiger partial charge in [0.2, 0.25) is 5.95 Å². The predicted molar refractivity (Wildman–Crippen MR) is 201 cm³/mol. The van der Waals surface area contributed by atoms with Gasteiger partial charge in [0.25, 0.3) is 0 Å². The van der Waals surface area contributed by atoms with Gasteiger partial charge in [0.1, 0.15) is 24.5 Å². The van der Waals surface area contributed by atoms with E-state index in [1.807, 2.05) is 30.3 Å². The van der Waals surface area contributed by atoms with E-state index in [-0.39, 0.29) is 0 Å². The number of aryl methyl sites for hydroxylation is 1. The predicted octanol–water partition coefficient (Wildman–Crippen LogP) is 7.41. The molecule has 2 aromatic carbocycles. The van der Waals surface area contributed by atoms with Gasteiger partial charge in [-0.15, -0.1) is 0 Å². The largest absolute Gasteiger partial charge is 0.494 e. The van der Waals surface area contributed by atoms with Gasteiger partial charge in [0.15, 0.2) is 0 Å². The fourth-order valence-corrected chi connectivity index (χ4v) is 8.20. The molecule has 0 saturated carbocycles. The van der Waals surface area contributed by atoms with Crippen molar-refractivity contribution in [1.29, 1.82) is 0 Å². The third-order valence-corrected chi connectivity index (χ3v) is 11.5. The number of furan rings is 1. The van der Waals surface area contributed by atoms with E-state index in [9.17, 15) is 4.57 Å². The molecule has 2 aromatic heterocycles. The van der Waals surface area contributed by atoms with Crippen LogP contribution in [0.4, 0.5) is 28.8 Å². The first-order chi connectivity index (χ1) is 23.1. The van der Waals surface area contributed by atoms with E-state index < -0.39 is 7.14 Å². The van der Waals surface area contributed by atoms with Gasteiger partial charge in [-0.1, -0.05) is 13.3 Å². The van der Waals surface area contributed by atoms with Gasteiger partial charge >= 0.3 is 0 Å². The normalized spacial score (nSPS) is 16.7. The fourth-order valence-electron chi connectivity index (χ4n) is 6.75. The maximum atomic E-state index is 13.4. The number of methoxy groups -OCH3 is 1. The van der Waals surface area contributed by atoms with E-state index in [1.165, 1.54) is 37.2 Å². The highest BCUT2D eigenvalue weighted by molar-refractivity contribution is 9.10. The summed E-state index contributed by atoms with van der Waals surface area (Å²) >= 11 is 3.61. The number of rotatable bonds is 11. The number of hydrogen-bond donors (Lipinski definition) is 2. The molecule has 2 saturated heterocycles. The summed E-state index contributed by atoms with van der Waals surface area (Å²) < 4.78 is 25.6. The van der Waals surface area contributed by atoms with Crippen molar-refractivity contribution in [3.8, 4) is 17.1 Å². The molecule has 6 rings (SSSR count). The lowest BCUT2D eigenvalue weighted by atomic mass is 9.99. The zero-order valence-corrected chi connectivity index (χ0v) is 31.1. The van der Waals surface area contributed by atoms with Crippen LogP contribution in [0.5, 0.6) is 5.75 Å². The maximum absolute atomic E-state index is 13.4. The van der Waals surface area contributed by atoms with Gasteiger partial charge < -0.3 is 34.2 Å². The van der Waals surface area contributed by atoms with Crippen molar-refractivity contribution in [2.75, 3.05) is 82.3 Å². The second-order valence-electron chi connectivity index (χ2n) is 13.2. The molecule has 0 radical (unpaired) electrons. The highest BCUT2D eigenvalue weighted by atomic mass is 79.9. The molecule has 0 bridgehead atoms. The standard InChI is InChI=1S/C36H47BrN7O3P/c1-6-8-25-21-30(33(46-3)23-31(25)44-14-12-27(13-15-44)43-18-16-42(2)17-19-43)40-36-38-24-28(37)35(41-36)39-29-11-10-26(32-9-7-20-47-32)22-34(29)48(4,5)45/h7,9-11,20-24,27H,6,8,12-19H2,1-5H3,(H2,38,39,40,41). The Kier molecular flexibility index (Phi) is 10.8. The molecule has 12 heteroatoms. The summed E-state index contributed by atoms with van der Waals surface area (Å²) in [7, 11) is 1.27. The molecule has 10 nitrogen and oxygen atoms in total. The number of likely N-dealkylation sites (N-methyl/N-ethyl adjacent to an activating group) is 1. The molecule has 0 atom stereocenters. The summed E-state index contributed by atoms with van der Waals surface area (Å²) in [5.41, 5.74) is 4.95. The van der Waals surface area contributed by atoms with Gasteiger partial charge in [-0.05, 0) is 97.5 Å². The summed E-state index contributed by atoms with van der Waals surface area (Å²) in [5, 5.41) is 7.54. The molecule has 4 heterocycles. The Balaban J connectivity index is 1.22. The molecule has 256 valence electrons. The zero-order valence-electron chi connectivity index (χ0n) is 28.6. The number of nitrogens with zero attached hydrogens (tertiary/aromatic N) is 5. The minimum absolute atomic E-state index is 0.423. The highest BCUT2D eigenvalue weighted by Crippen LogP contribution is 2.41. The van der Waals surface area contributed by atoms with Gasteiger partial charge in [0.05, 0.1) is 29.2 Å². The number of halogens is 1. The Bertz CT molecular complexity index is 1750. The minimum Gasteiger partial charge on any atom is -0.494 e. The van der Waals surface area contributed by atoms with Crippen LogP contribution in [0.1, 0.15) is 31.7 Å². The van der Waals surface area contributed by atoms with Gasteiger partial charge in [-0.3, -0.25) is 4.90 Å². The van der Waals surface area contributed by atoms with Crippen LogP contribution in [0, 0.1) is 0 Å². The zero-order chi connectivity index (χ0) is 33.8. The monoisotopic (exact) mass is 735 g/mol. The van der Waals surface area contributed by atoms with E-state index in [0.29, 0.717) is 33.3 Å². The molecule has 0 aliphatic carbocycles. The molecule has 48 heavy (non-hydrogen) atoms. The lowest BCUT2D eigenvalue weighted by molar-refractivity contribution is 0.0982. The van der Waals surface area contributed by atoms with E-state index in [4.69, 9.17) is 14.1 Å². The van der Waals surface area contributed by atoms with Crippen LogP contribution in [-0.4, -0.2) is 92.6 Å². The van der Waals surface area contributed by atoms with Gasteiger partial charge in [-0.25, -0.2) is 4.98 Å². The number of aromatic nitrogens is 2. The average Bonchev–Trinajstić information content (AvgIpc) is 3.62. The Morgan fingerprint density at radius 2 is 1.79 bits per heavy atom. The molecule has 2 aliphatic rings. The first-order valence-electron chi connectivity index (χ1n) is 16.8.